The lowest BCUT2D eigenvalue weighted by Gasteiger charge is -2.36. The average Bonchev–Trinajstić information content (AvgIpc) is 3.35. The van der Waals surface area contributed by atoms with Gasteiger partial charge in [0.1, 0.15) is 11.4 Å². The van der Waals surface area contributed by atoms with Crippen LogP contribution in [0.3, 0.4) is 0 Å². The minimum Gasteiger partial charge on any atom is -0.253 e. The molecule has 0 bridgehead atoms. The maximum absolute atomic E-state index is 13.2. The Morgan fingerprint density at radius 1 is 0.576 bits per heavy atom. The Bertz CT molecular complexity index is 1240. The Balaban J connectivity index is 1.68. The van der Waals surface area contributed by atoms with Crippen molar-refractivity contribution >= 4 is 12.2 Å². The Hall–Kier alpha value is -4.24. The highest BCUT2D eigenvalue weighted by atomic mass is 19.1. The first kappa shape index (κ1) is 20.7. The lowest BCUT2D eigenvalue weighted by atomic mass is 9.77. The number of nitrogens with zero attached hydrogens (tertiary/aromatic N) is 2. The van der Waals surface area contributed by atoms with Gasteiger partial charge in [0.05, 0.1) is 5.69 Å². The van der Waals surface area contributed by atoms with Crippen molar-refractivity contribution in [2.45, 2.75) is 5.54 Å². The second-order valence-electron chi connectivity index (χ2n) is 7.88. The zero-order valence-corrected chi connectivity index (χ0v) is 18.1. The molecule has 0 saturated heterocycles. The molecule has 0 radical (unpaired) electrons. The van der Waals surface area contributed by atoms with Crippen molar-refractivity contribution in [1.29, 1.82) is 0 Å². The number of rotatable bonds is 6. The summed E-state index contributed by atoms with van der Waals surface area (Å²) in [5.41, 5.74) is 4.49. The fraction of sp³-hybridized carbons (Fsp3) is 0.0333. The van der Waals surface area contributed by atoms with E-state index in [1.54, 1.807) is 12.1 Å². The van der Waals surface area contributed by atoms with Crippen molar-refractivity contribution in [1.82, 2.24) is 9.78 Å². The van der Waals surface area contributed by atoms with Gasteiger partial charge in [-0.2, -0.15) is 5.10 Å². The van der Waals surface area contributed by atoms with Crippen molar-refractivity contribution in [3.8, 4) is 0 Å². The summed E-state index contributed by atoms with van der Waals surface area (Å²) in [6.07, 6.45) is 5.92. The Labute approximate surface area is 193 Å². The van der Waals surface area contributed by atoms with E-state index in [0.29, 0.717) is 0 Å². The molecule has 0 aliphatic rings. The summed E-state index contributed by atoms with van der Waals surface area (Å²) < 4.78 is 15.3. The van der Waals surface area contributed by atoms with Crippen LogP contribution in [0.5, 0.6) is 0 Å². The normalized spacial score (nSPS) is 11.7. The molecule has 0 N–H and O–H groups in total. The molecule has 0 saturated carbocycles. The van der Waals surface area contributed by atoms with Crippen molar-refractivity contribution in [3.63, 3.8) is 0 Å². The molecule has 2 nitrogen and oxygen atoms in total. The van der Waals surface area contributed by atoms with Crippen LogP contribution in [0, 0.1) is 5.82 Å². The van der Waals surface area contributed by atoms with E-state index in [4.69, 9.17) is 5.10 Å². The molecule has 1 aromatic heterocycles. The van der Waals surface area contributed by atoms with Crippen LogP contribution in [0.2, 0.25) is 0 Å². The first-order valence-electron chi connectivity index (χ1n) is 10.9. The maximum atomic E-state index is 13.2. The standard InChI is InChI=1S/C30H23FN2/c31-28-19-16-24(17-20-28)18-21-29-22-23-33(32-29)30(25-10-4-1-5-11-25,26-12-6-2-7-13-26)27-14-8-3-9-15-27/h1-23H/b21-18+. The number of halogens is 1. The van der Waals surface area contributed by atoms with Crippen molar-refractivity contribution < 1.29 is 4.39 Å². The molecule has 0 fully saturated rings. The van der Waals surface area contributed by atoms with Gasteiger partial charge in [0.15, 0.2) is 0 Å². The van der Waals surface area contributed by atoms with Crippen LogP contribution in [-0.4, -0.2) is 9.78 Å². The third kappa shape index (κ3) is 4.01. The number of hydrogen-bond acceptors (Lipinski definition) is 1. The minimum absolute atomic E-state index is 0.241. The summed E-state index contributed by atoms with van der Waals surface area (Å²) in [6.45, 7) is 0. The highest BCUT2D eigenvalue weighted by Crippen LogP contribution is 2.40. The van der Waals surface area contributed by atoms with Gasteiger partial charge in [-0.3, -0.25) is 4.68 Å². The fourth-order valence-corrected chi connectivity index (χ4v) is 4.30. The van der Waals surface area contributed by atoms with Gasteiger partial charge in [-0.05, 0) is 46.5 Å². The topological polar surface area (TPSA) is 17.8 Å². The monoisotopic (exact) mass is 430 g/mol. The molecular formula is C30H23FN2. The Kier molecular flexibility index (Phi) is 5.69. The van der Waals surface area contributed by atoms with Crippen molar-refractivity contribution in [2.24, 2.45) is 0 Å². The highest BCUT2D eigenvalue weighted by molar-refractivity contribution is 5.67. The van der Waals surface area contributed by atoms with Crippen molar-refractivity contribution in [3.05, 3.63) is 161 Å². The van der Waals surface area contributed by atoms with Gasteiger partial charge < -0.3 is 0 Å². The minimum atomic E-state index is -0.633. The second kappa shape index (κ2) is 9.09. The zero-order valence-electron chi connectivity index (χ0n) is 18.1. The predicted octanol–water partition coefficient (Wildman–Crippen LogP) is 7.03. The van der Waals surface area contributed by atoms with Gasteiger partial charge in [-0.1, -0.05) is 109 Å². The third-order valence-electron chi connectivity index (χ3n) is 5.84. The van der Waals surface area contributed by atoms with E-state index in [9.17, 15) is 4.39 Å². The molecule has 5 aromatic rings. The maximum Gasteiger partial charge on any atom is 0.138 e. The highest BCUT2D eigenvalue weighted by Gasteiger charge is 2.39. The van der Waals surface area contributed by atoms with Gasteiger partial charge >= 0.3 is 0 Å². The van der Waals surface area contributed by atoms with E-state index in [0.717, 1.165) is 27.9 Å². The van der Waals surface area contributed by atoms with Gasteiger partial charge in [0, 0.05) is 6.20 Å². The van der Waals surface area contributed by atoms with Crippen LogP contribution in [-0.2, 0) is 5.54 Å². The summed E-state index contributed by atoms with van der Waals surface area (Å²) in [5, 5.41) is 5.00. The molecule has 33 heavy (non-hydrogen) atoms. The molecule has 4 aromatic carbocycles. The molecule has 0 unspecified atom stereocenters. The Morgan fingerprint density at radius 2 is 1.06 bits per heavy atom. The van der Waals surface area contributed by atoms with Crippen molar-refractivity contribution in [2.75, 3.05) is 0 Å². The SMILES string of the molecule is Fc1ccc(/C=C/c2ccn(C(c3ccccc3)(c3ccccc3)c3ccccc3)n2)cc1. The summed E-state index contributed by atoms with van der Waals surface area (Å²) >= 11 is 0. The molecule has 0 atom stereocenters. The van der Waals surface area contributed by atoms with E-state index >= 15 is 0 Å². The first-order chi connectivity index (χ1) is 16.3. The largest absolute Gasteiger partial charge is 0.253 e. The molecule has 0 aliphatic heterocycles. The zero-order chi connectivity index (χ0) is 22.5. The number of hydrogen-bond donors (Lipinski definition) is 0. The summed E-state index contributed by atoms with van der Waals surface area (Å²) in [4.78, 5) is 0. The van der Waals surface area contributed by atoms with E-state index in [1.165, 1.54) is 12.1 Å². The van der Waals surface area contributed by atoms with Crippen LogP contribution in [0.4, 0.5) is 4.39 Å². The van der Waals surface area contributed by atoms with Gasteiger partial charge in [0.25, 0.3) is 0 Å². The van der Waals surface area contributed by atoms with E-state index in [-0.39, 0.29) is 5.82 Å². The van der Waals surface area contributed by atoms with E-state index in [1.807, 2.05) is 47.3 Å². The molecule has 0 aliphatic carbocycles. The number of aromatic nitrogens is 2. The van der Waals surface area contributed by atoms with E-state index in [2.05, 4.69) is 72.8 Å². The fourth-order valence-electron chi connectivity index (χ4n) is 4.30. The molecule has 0 spiro atoms. The average molecular weight is 431 g/mol. The summed E-state index contributed by atoms with van der Waals surface area (Å²) in [5.74, 6) is -0.241. The van der Waals surface area contributed by atoms with Crippen LogP contribution < -0.4 is 0 Å². The molecular weight excluding hydrogens is 407 g/mol. The van der Waals surface area contributed by atoms with E-state index < -0.39 is 5.54 Å². The Morgan fingerprint density at radius 3 is 1.55 bits per heavy atom. The molecule has 0 amide bonds. The number of benzene rings is 4. The molecule has 160 valence electrons. The van der Waals surface area contributed by atoms with Crippen LogP contribution >= 0.6 is 0 Å². The van der Waals surface area contributed by atoms with Gasteiger partial charge in [0.2, 0.25) is 0 Å². The van der Waals surface area contributed by atoms with Crippen LogP contribution in [0.1, 0.15) is 27.9 Å². The molecule has 5 rings (SSSR count). The third-order valence-corrected chi connectivity index (χ3v) is 5.84. The van der Waals surface area contributed by atoms with Crippen LogP contribution in [0.15, 0.2) is 128 Å². The summed E-state index contributed by atoms with van der Waals surface area (Å²) in [6, 6.07) is 39.8. The summed E-state index contributed by atoms with van der Waals surface area (Å²) in [7, 11) is 0. The van der Waals surface area contributed by atoms with Gasteiger partial charge in [-0.15, -0.1) is 0 Å². The van der Waals surface area contributed by atoms with Crippen LogP contribution in [0.25, 0.3) is 12.2 Å². The van der Waals surface area contributed by atoms with Gasteiger partial charge in [-0.25, -0.2) is 4.39 Å². The predicted molar refractivity (Wildman–Crippen MR) is 132 cm³/mol. The first-order valence-corrected chi connectivity index (χ1v) is 10.9. The lowest BCUT2D eigenvalue weighted by molar-refractivity contribution is 0.459. The quantitative estimate of drug-likeness (QED) is 0.264. The molecule has 1 heterocycles. The smallest absolute Gasteiger partial charge is 0.138 e. The molecule has 3 heteroatoms. The lowest BCUT2D eigenvalue weighted by Crippen LogP contribution is -2.38. The second-order valence-corrected chi connectivity index (χ2v) is 7.88.